The van der Waals surface area contributed by atoms with Crippen molar-refractivity contribution in [3.05, 3.63) is 107 Å². The molecule has 0 bridgehead atoms. The molecule has 0 radical (unpaired) electrons. The van der Waals surface area contributed by atoms with Gasteiger partial charge in [-0.25, -0.2) is 9.79 Å². The summed E-state index contributed by atoms with van der Waals surface area (Å²) >= 11 is 1.11. The zero-order chi connectivity index (χ0) is 30.8. The van der Waals surface area contributed by atoms with Crippen molar-refractivity contribution >= 4 is 35.0 Å². The first kappa shape index (κ1) is 29.2. The molecule has 13 heteroatoms. The van der Waals surface area contributed by atoms with E-state index in [9.17, 15) is 24.5 Å². The molecule has 5 rings (SSSR count). The van der Waals surface area contributed by atoms with E-state index < -0.39 is 28.5 Å². The minimum Gasteiger partial charge on any atom is -0.493 e. The van der Waals surface area contributed by atoms with Gasteiger partial charge < -0.3 is 18.6 Å². The van der Waals surface area contributed by atoms with E-state index >= 15 is 0 Å². The normalized spacial score (nSPS) is 14.6. The van der Waals surface area contributed by atoms with Crippen LogP contribution < -0.4 is 24.4 Å². The van der Waals surface area contributed by atoms with Crippen LogP contribution in [-0.4, -0.2) is 35.1 Å². The molecule has 0 N–H and O–H groups in total. The monoisotopic (exact) mass is 603 g/mol. The maximum Gasteiger partial charge on any atom is 0.338 e. The highest BCUT2D eigenvalue weighted by molar-refractivity contribution is 7.07. The number of nitro benzene ring substituents is 1. The van der Waals surface area contributed by atoms with Crippen LogP contribution in [0.5, 0.6) is 11.5 Å². The van der Waals surface area contributed by atoms with Crippen molar-refractivity contribution < 1.29 is 33.1 Å². The van der Waals surface area contributed by atoms with Gasteiger partial charge in [0.05, 0.1) is 40.5 Å². The molecule has 220 valence electrons. The van der Waals surface area contributed by atoms with E-state index in [1.807, 2.05) is 0 Å². The molecule has 1 aliphatic rings. The van der Waals surface area contributed by atoms with Gasteiger partial charge in [0.25, 0.3) is 11.2 Å². The van der Waals surface area contributed by atoms with Crippen molar-refractivity contribution in [3.63, 3.8) is 0 Å². The lowest BCUT2D eigenvalue weighted by atomic mass is 9.95. The Morgan fingerprint density at radius 1 is 1.16 bits per heavy atom. The number of methoxy groups -OCH3 is 1. The molecule has 2 aromatic carbocycles. The lowest BCUT2D eigenvalue weighted by Gasteiger charge is -2.25. The highest BCUT2D eigenvalue weighted by Crippen LogP contribution is 2.36. The van der Waals surface area contributed by atoms with Crippen LogP contribution in [0.2, 0.25) is 0 Å². The Labute approximate surface area is 247 Å². The Kier molecular flexibility index (Phi) is 8.08. The molecule has 43 heavy (non-hydrogen) atoms. The highest BCUT2D eigenvalue weighted by Gasteiger charge is 2.34. The van der Waals surface area contributed by atoms with Gasteiger partial charge in [0, 0.05) is 30.7 Å². The molecule has 1 atom stereocenters. The van der Waals surface area contributed by atoms with Gasteiger partial charge in [-0.05, 0) is 43.7 Å². The Hall–Kier alpha value is -5.30. The summed E-state index contributed by atoms with van der Waals surface area (Å²) in [5.74, 6) is -0.0100. The third-order valence-corrected chi connectivity index (χ3v) is 7.50. The number of hydrogen-bond acceptors (Lipinski definition) is 11. The van der Waals surface area contributed by atoms with Crippen LogP contribution in [0.4, 0.5) is 5.69 Å². The van der Waals surface area contributed by atoms with Gasteiger partial charge in [-0.15, -0.1) is 0 Å². The number of furan rings is 1. The number of allylic oxidation sites excluding steroid dienone is 1. The summed E-state index contributed by atoms with van der Waals surface area (Å²) < 4.78 is 23.6. The molecular weight excluding hydrogens is 578 g/mol. The van der Waals surface area contributed by atoms with Crippen LogP contribution in [0.1, 0.15) is 38.1 Å². The third kappa shape index (κ3) is 5.75. The van der Waals surface area contributed by atoms with Gasteiger partial charge in [-0.1, -0.05) is 29.5 Å². The molecule has 0 saturated heterocycles. The van der Waals surface area contributed by atoms with Gasteiger partial charge in [0.1, 0.15) is 11.5 Å². The fraction of sp³-hybridized carbons (Fsp3) is 0.200. The number of fused-ring (bicyclic) bond motifs is 1. The zero-order valence-corrected chi connectivity index (χ0v) is 24.3. The molecule has 1 aliphatic heterocycles. The first-order valence-corrected chi connectivity index (χ1v) is 13.8. The Bertz CT molecular complexity index is 1980. The number of nitro groups is 1. The minimum atomic E-state index is -0.922. The number of rotatable bonds is 8. The number of benzene rings is 2. The number of nitrogens with zero attached hydrogens (tertiary/aromatic N) is 3. The van der Waals surface area contributed by atoms with Crippen LogP contribution in [0.25, 0.3) is 17.4 Å². The van der Waals surface area contributed by atoms with E-state index in [4.69, 9.17) is 18.6 Å². The largest absolute Gasteiger partial charge is 0.493 e. The summed E-state index contributed by atoms with van der Waals surface area (Å²) in [4.78, 5) is 54.2. The number of non-ortho nitro benzene ring substituents is 1. The summed E-state index contributed by atoms with van der Waals surface area (Å²) in [6, 6.07) is 13.2. The molecule has 3 heterocycles. The van der Waals surface area contributed by atoms with Gasteiger partial charge in [-0.2, -0.15) is 0 Å². The molecule has 0 spiro atoms. The molecule has 2 aromatic heterocycles. The SMILES string of the molecule is CCOC(=O)C1=C(C)N=c2s/c(=C\c3ccc(-c4cccc([N+](=O)[O-])c4)o3)c(=O)n2C1c1ccc(OC(C)=O)c(OC)c1. The summed E-state index contributed by atoms with van der Waals surface area (Å²) in [6.45, 7) is 4.73. The van der Waals surface area contributed by atoms with Crippen LogP contribution >= 0.6 is 11.3 Å². The van der Waals surface area contributed by atoms with Crippen LogP contribution in [0.15, 0.2) is 80.1 Å². The number of carbonyl (C=O) groups excluding carboxylic acids is 2. The van der Waals surface area contributed by atoms with E-state index in [2.05, 4.69) is 4.99 Å². The van der Waals surface area contributed by atoms with Crippen molar-refractivity contribution in [1.29, 1.82) is 0 Å². The molecule has 0 fully saturated rings. The predicted octanol–water partition coefficient (Wildman–Crippen LogP) is 3.90. The number of esters is 2. The molecular formula is C30H25N3O9S. The molecule has 0 amide bonds. The molecule has 12 nitrogen and oxygen atoms in total. The zero-order valence-electron chi connectivity index (χ0n) is 23.5. The Balaban J connectivity index is 1.63. The van der Waals surface area contributed by atoms with E-state index in [0.29, 0.717) is 33.1 Å². The fourth-order valence-electron chi connectivity index (χ4n) is 4.69. The number of ether oxygens (including phenoxy) is 3. The Morgan fingerprint density at radius 3 is 2.65 bits per heavy atom. The van der Waals surface area contributed by atoms with Crippen molar-refractivity contribution in [2.75, 3.05) is 13.7 Å². The second kappa shape index (κ2) is 11.9. The summed E-state index contributed by atoms with van der Waals surface area (Å²) in [5, 5.41) is 11.2. The third-order valence-electron chi connectivity index (χ3n) is 6.52. The lowest BCUT2D eigenvalue weighted by molar-refractivity contribution is -0.384. The average molecular weight is 604 g/mol. The highest BCUT2D eigenvalue weighted by atomic mass is 32.1. The van der Waals surface area contributed by atoms with Gasteiger partial charge in [0.15, 0.2) is 16.3 Å². The van der Waals surface area contributed by atoms with Crippen LogP contribution in [0.3, 0.4) is 0 Å². The van der Waals surface area contributed by atoms with E-state index in [0.717, 1.165) is 11.3 Å². The maximum atomic E-state index is 13.9. The molecule has 0 saturated carbocycles. The molecule has 0 aliphatic carbocycles. The quantitative estimate of drug-likeness (QED) is 0.126. The summed E-state index contributed by atoms with van der Waals surface area (Å²) in [6.07, 6.45) is 1.55. The van der Waals surface area contributed by atoms with Crippen LogP contribution in [0, 0.1) is 10.1 Å². The van der Waals surface area contributed by atoms with E-state index in [1.54, 1.807) is 56.3 Å². The number of aromatic nitrogens is 1. The standard InChI is InChI=1S/C30H25N3O9S/c1-5-40-29(36)26-16(2)31-30-32(27(26)19-9-11-23(41-17(3)34)24(14-19)39-4)28(35)25(43-30)15-21-10-12-22(42-21)18-7-6-8-20(13-18)33(37)38/h6-15,27H,5H2,1-4H3/b25-15-. The lowest BCUT2D eigenvalue weighted by Crippen LogP contribution is -2.39. The number of hydrogen-bond donors (Lipinski definition) is 0. The molecule has 1 unspecified atom stereocenters. The van der Waals surface area contributed by atoms with Crippen LogP contribution in [-0.2, 0) is 14.3 Å². The van der Waals surface area contributed by atoms with E-state index in [1.165, 1.54) is 36.8 Å². The van der Waals surface area contributed by atoms with Crippen molar-refractivity contribution in [2.24, 2.45) is 4.99 Å². The second-order valence-corrected chi connectivity index (χ2v) is 10.3. The number of thiazole rings is 1. The second-order valence-electron chi connectivity index (χ2n) is 9.32. The van der Waals surface area contributed by atoms with Gasteiger partial charge in [0.2, 0.25) is 0 Å². The topological polar surface area (TPSA) is 152 Å². The van der Waals surface area contributed by atoms with Gasteiger partial charge >= 0.3 is 11.9 Å². The van der Waals surface area contributed by atoms with Crippen molar-refractivity contribution in [2.45, 2.75) is 26.8 Å². The first-order chi connectivity index (χ1) is 20.6. The smallest absolute Gasteiger partial charge is 0.338 e. The number of carbonyl (C=O) groups is 2. The van der Waals surface area contributed by atoms with E-state index in [-0.39, 0.29) is 33.9 Å². The summed E-state index contributed by atoms with van der Waals surface area (Å²) in [5.41, 5.74) is 1.06. The average Bonchev–Trinajstić information content (AvgIpc) is 3.56. The minimum absolute atomic E-state index is 0.0750. The first-order valence-electron chi connectivity index (χ1n) is 13.0. The van der Waals surface area contributed by atoms with Crippen molar-refractivity contribution in [3.8, 4) is 22.8 Å². The molecule has 4 aromatic rings. The predicted molar refractivity (Wildman–Crippen MR) is 156 cm³/mol. The Morgan fingerprint density at radius 2 is 1.95 bits per heavy atom. The maximum absolute atomic E-state index is 13.9. The fourth-order valence-corrected chi connectivity index (χ4v) is 5.71. The van der Waals surface area contributed by atoms with Crippen molar-refractivity contribution in [1.82, 2.24) is 4.57 Å². The summed E-state index contributed by atoms with van der Waals surface area (Å²) in [7, 11) is 1.41. The van der Waals surface area contributed by atoms with Gasteiger partial charge in [-0.3, -0.25) is 24.3 Å².